The van der Waals surface area contributed by atoms with Gasteiger partial charge in [0, 0.05) is 36.4 Å². The van der Waals surface area contributed by atoms with Gasteiger partial charge in [-0.1, -0.05) is 0 Å². The van der Waals surface area contributed by atoms with Gasteiger partial charge in [-0.05, 0) is 24.3 Å². The number of aromatic nitrogens is 2. The Bertz CT molecular complexity index is 1030. The molecule has 0 atom stereocenters. The molecular weight excluding hydrogens is 394 g/mol. The van der Waals surface area contributed by atoms with Crippen LogP contribution < -0.4 is 14.8 Å². The van der Waals surface area contributed by atoms with Gasteiger partial charge in [0.05, 0.1) is 7.11 Å². The van der Waals surface area contributed by atoms with Gasteiger partial charge < -0.3 is 14.8 Å². The molecule has 0 aliphatic rings. The van der Waals surface area contributed by atoms with E-state index < -0.39 is 29.3 Å². The van der Waals surface area contributed by atoms with Crippen molar-refractivity contribution in [2.24, 2.45) is 0 Å². The quantitative estimate of drug-likeness (QED) is 0.622. The van der Waals surface area contributed by atoms with Crippen LogP contribution in [0.1, 0.15) is 16.1 Å². The normalized spacial score (nSPS) is 11.1. The van der Waals surface area contributed by atoms with Crippen molar-refractivity contribution in [1.82, 2.24) is 9.97 Å². The number of pyridine rings is 2. The molecule has 3 aromatic rings. The van der Waals surface area contributed by atoms with Gasteiger partial charge >= 0.3 is 6.18 Å². The summed E-state index contributed by atoms with van der Waals surface area (Å²) in [6.07, 6.45) is -1.14. The molecule has 0 aliphatic carbocycles. The number of anilines is 1. The summed E-state index contributed by atoms with van der Waals surface area (Å²) in [4.78, 5) is 19.7. The molecule has 2 aromatic heterocycles. The Balaban J connectivity index is 2.01. The van der Waals surface area contributed by atoms with E-state index in [1.807, 2.05) is 0 Å². The first-order valence-corrected chi connectivity index (χ1v) is 8.08. The minimum atomic E-state index is -4.76. The van der Waals surface area contributed by atoms with Gasteiger partial charge in [-0.25, -0.2) is 4.39 Å². The topological polar surface area (TPSA) is 73.3 Å². The molecule has 6 nitrogen and oxygen atoms in total. The van der Waals surface area contributed by atoms with Gasteiger partial charge in [0.1, 0.15) is 22.8 Å². The molecule has 0 saturated heterocycles. The molecule has 150 valence electrons. The van der Waals surface area contributed by atoms with E-state index >= 15 is 0 Å². The molecule has 0 aliphatic heterocycles. The van der Waals surface area contributed by atoms with Crippen LogP contribution in [0, 0.1) is 5.82 Å². The lowest BCUT2D eigenvalue weighted by molar-refractivity contribution is -0.141. The predicted octanol–water partition coefficient (Wildman–Crippen LogP) is 4.69. The zero-order valence-corrected chi connectivity index (χ0v) is 14.8. The average molecular weight is 407 g/mol. The molecule has 1 N–H and O–H groups in total. The number of benzene rings is 1. The molecule has 0 spiro atoms. The number of hydrogen-bond acceptors (Lipinski definition) is 5. The molecule has 10 heteroatoms. The van der Waals surface area contributed by atoms with Crippen molar-refractivity contribution < 1.29 is 31.8 Å². The number of nitrogens with one attached hydrogen (secondary N) is 1. The highest BCUT2D eigenvalue weighted by molar-refractivity contribution is 6.06. The van der Waals surface area contributed by atoms with Crippen LogP contribution in [0.3, 0.4) is 0 Å². The minimum absolute atomic E-state index is 0.0594. The third kappa shape index (κ3) is 4.78. The number of amides is 1. The number of rotatable bonds is 5. The number of methoxy groups -OCH3 is 1. The average Bonchev–Trinajstić information content (AvgIpc) is 2.69. The Morgan fingerprint density at radius 2 is 1.76 bits per heavy atom. The number of carbonyl (C=O) groups is 1. The zero-order valence-electron chi connectivity index (χ0n) is 14.8. The van der Waals surface area contributed by atoms with Crippen molar-refractivity contribution in [2.75, 3.05) is 12.4 Å². The SMILES string of the molecule is COc1cc(F)ccc1Oc1cc(C(F)(F)F)ncc1C(=O)Nc1ccncc1. The van der Waals surface area contributed by atoms with Gasteiger partial charge in [0.25, 0.3) is 5.91 Å². The lowest BCUT2D eigenvalue weighted by Gasteiger charge is -2.15. The van der Waals surface area contributed by atoms with E-state index in [0.29, 0.717) is 11.8 Å². The van der Waals surface area contributed by atoms with E-state index in [9.17, 15) is 22.4 Å². The van der Waals surface area contributed by atoms with Crippen molar-refractivity contribution in [3.05, 3.63) is 72.1 Å². The molecule has 2 heterocycles. The monoisotopic (exact) mass is 407 g/mol. The molecule has 29 heavy (non-hydrogen) atoms. The van der Waals surface area contributed by atoms with E-state index in [-0.39, 0.29) is 17.1 Å². The molecule has 1 aromatic carbocycles. The molecule has 0 bridgehead atoms. The third-order valence-corrected chi connectivity index (χ3v) is 3.68. The molecule has 0 radical (unpaired) electrons. The highest BCUT2D eigenvalue weighted by Crippen LogP contribution is 2.36. The summed E-state index contributed by atoms with van der Waals surface area (Å²) in [5, 5.41) is 2.51. The van der Waals surface area contributed by atoms with E-state index in [1.165, 1.54) is 37.7 Å². The second-order valence-corrected chi connectivity index (χ2v) is 5.65. The van der Waals surface area contributed by atoms with E-state index in [1.54, 1.807) is 0 Å². The lowest BCUT2D eigenvalue weighted by atomic mass is 10.2. The summed E-state index contributed by atoms with van der Waals surface area (Å²) in [5.41, 5.74) is -1.15. The Morgan fingerprint density at radius 3 is 2.41 bits per heavy atom. The fourth-order valence-electron chi connectivity index (χ4n) is 2.32. The Labute approximate surface area is 162 Å². The van der Waals surface area contributed by atoms with Crippen molar-refractivity contribution in [3.8, 4) is 17.2 Å². The maximum absolute atomic E-state index is 13.4. The predicted molar refractivity (Wildman–Crippen MR) is 94.5 cm³/mol. The number of nitrogens with zero attached hydrogens (tertiary/aromatic N) is 2. The van der Waals surface area contributed by atoms with Crippen LogP contribution in [0.15, 0.2) is 55.0 Å². The fraction of sp³-hybridized carbons (Fsp3) is 0.105. The first-order valence-electron chi connectivity index (χ1n) is 8.08. The number of hydrogen-bond donors (Lipinski definition) is 1. The summed E-state index contributed by atoms with van der Waals surface area (Å²) >= 11 is 0. The molecular formula is C19H13F4N3O3. The Hall–Kier alpha value is -3.69. The van der Waals surface area contributed by atoms with E-state index in [4.69, 9.17) is 9.47 Å². The summed E-state index contributed by atoms with van der Waals surface area (Å²) in [7, 11) is 1.24. The number of alkyl halides is 3. The van der Waals surface area contributed by atoms with Crippen molar-refractivity contribution in [1.29, 1.82) is 0 Å². The van der Waals surface area contributed by atoms with E-state index in [0.717, 1.165) is 18.3 Å². The van der Waals surface area contributed by atoms with Crippen LogP contribution in [0.25, 0.3) is 0 Å². The molecule has 0 saturated carbocycles. The Kier molecular flexibility index (Phi) is 5.62. The largest absolute Gasteiger partial charge is 0.493 e. The van der Waals surface area contributed by atoms with Crippen molar-refractivity contribution >= 4 is 11.6 Å². The molecule has 1 amide bonds. The highest BCUT2D eigenvalue weighted by atomic mass is 19.4. The van der Waals surface area contributed by atoms with Gasteiger partial charge in [0.2, 0.25) is 0 Å². The molecule has 3 rings (SSSR count). The maximum atomic E-state index is 13.4. The van der Waals surface area contributed by atoms with Gasteiger partial charge in [0.15, 0.2) is 11.5 Å². The first-order chi connectivity index (χ1) is 13.8. The zero-order chi connectivity index (χ0) is 21.0. The number of halogens is 4. The summed E-state index contributed by atoms with van der Waals surface area (Å²) in [6.45, 7) is 0. The van der Waals surface area contributed by atoms with Crippen LogP contribution in [0.4, 0.5) is 23.2 Å². The second kappa shape index (κ2) is 8.13. The fourth-order valence-corrected chi connectivity index (χ4v) is 2.32. The second-order valence-electron chi connectivity index (χ2n) is 5.65. The first kappa shape index (κ1) is 20.1. The lowest BCUT2D eigenvalue weighted by Crippen LogP contribution is -2.16. The number of ether oxygens (including phenoxy) is 2. The highest BCUT2D eigenvalue weighted by Gasteiger charge is 2.34. The number of carbonyl (C=O) groups excluding carboxylic acids is 1. The molecule has 0 fully saturated rings. The van der Waals surface area contributed by atoms with Gasteiger partial charge in [-0.15, -0.1) is 0 Å². The Morgan fingerprint density at radius 1 is 1.03 bits per heavy atom. The summed E-state index contributed by atoms with van der Waals surface area (Å²) < 4.78 is 63.1. The van der Waals surface area contributed by atoms with Crippen LogP contribution >= 0.6 is 0 Å². The van der Waals surface area contributed by atoms with Gasteiger partial charge in [-0.2, -0.15) is 13.2 Å². The summed E-state index contributed by atoms with van der Waals surface area (Å²) in [5.74, 6) is -1.95. The van der Waals surface area contributed by atoms with Gasteiger partial charge in [-0.3, -0.25) is 14.8 Å². The smallest absolute Gasteiger partial charge is 0.433 e. The molecule has 0 unspecified atom stereocenters. The minimum Gasteiger partial charge on any atom is -0.493 e. The van der Waals surface area contributed by atoms with Crippen LogP contribution in [-0.2, 0) is 6.18 Å². The third-order valence-electron chi connectivity index (χ3n) is 3.68. The van der Waals surface area contributed by atoms with Crippen LogP contribution in [0.5, 0.6) is 17.2 Å². The standard InChI is InChI=1S/C19H13F4N3O3/c1-28-16-8-11(20)2-3-14(16)29-15-9-17(19(21,22)23)25-10-13(15)18(27)26-12-4-6-24-7-5-12/h2-10H,1H3,(H,24,26,27). The summed E-state index contributed by atoms with van der Waals surface area (Å²) in [6, 6.07) is 6.80. The van der Waals surface area contributed by atoms with Crippen LogP contribution in [-0.4, -0.2) is 23.0 Å². The maximum Gasteiger partial charge on any atom is 0.433 e. The van der Waals surface area contributed by atoms with Crippen molar-refractivity contribution in [2.45, 2.75) is 6.18 Å². The van der Waals surface area contributed by atoms with Crippen LogP contribution in [0.2, 0.25) is 0 Å². The van der Waals surface area contributed by atoms with E-state index in [2.05, 4.69) is 15.3 Å². The van der Waals surface area contributed by atoms with Crippen molar-refractivity contribution in [3.63, 3.8) is 0 Å².